The molecule has 2 aliphatic heterocycles. The number of ether oxygens (including phenoxy) is 3. The van der Waals surface area contributed by atoms with Crippen LogP contribution >= 0.6 is 0 Å². The fourth-order valence-corrected chi connectivity index (χ4v) is 5.86. The Bertz CT molecular complexity index is 1230. The SMILES string of the molecule is CCOc1cc(C(=O)N2C3COCC2CC(O)C3)ccc1C(=O)NC[C@@H](O)CNC(=O)OC1Cc2ccccc2C1. The molecule has 0 saturated carbocycles. The predicted octanol–water partition coefficient (Wildman–Crippen LogP) is 1.43. The van der Waals surface area contributed by atoms with Gasteiger partial charge in [0.1, 0.15) is 11.9 Å². The summed E-state index contributed by atoms with van der Waals surface area (Å²) in [5.41, 5.74) is 2.94. The minimum absolute atomic E-state index is 0.0961. The molecule has 220 valence electrons. The van der Waals surface area contributed by atoms with Gasteiger partial charge in [0.15, 0.2) is 0 Å². The highest BCUT2D eigenvalue weighted by Crippen LogP contribution is 2.31. The van der Waals surface area contributed by atoms with Gasteiger partial charge in [0, 0.05) is 31.5 Å². The number of rotatable bonds is 9. The molecule has 3 amide bonds. The molecule has 4 N–H and O–H groups in total. The summed E-state index contributed by atoms with van der Waals surface area (Å²) in [4.78, 5) is 40.4. The lowest BCUT2D eigenvalue weighted by molar-refractivity contribution is -0.0871. The topological polar surface area (TPSA) is 147 Å². The van der Waals surface area contributed by atoms with Gasteiger partial charge < -0.3 is 40.0 Å². The maximum atomic E-state index is 13.4. The van der Waals surface area contributed by atoms with Crippen molar-refractivity contribution >= 4 is 17.9 Å². The van der Waals surface area contributed by atoms with Gasteiger partial charge >= 0.3 is 6.09 Å². The Morgan fingerprint density at radius 2 is 1.68 bits per heavy atom. The van der Waals surface area contributed by atoms with Crippen molar-refractivity contribution in [2.24, 2.45) is 0 Å². The van der Waals surface area contributed by atoms with E-state index in [0.717, 1.165) is 0 Å². The summed E-state index contributed by atoms with van der Waals surface area (Å²) in [6.45, 7) is 2.61. The zero-order valence-corrected chi connectivity index (χ0v) is 23.1. The fraction of sp³-hybridized carbons (Fsp3) is 0.500. The van der Waals surface area contributed by atoms with E-state index in [4.69, 9.17) is 14.2 Å². The standard InChI is InChI=1S/C30H37N3O8/c1-2-40-27-11-20(29(37)33-21-12-23(34)13-22(33)17-39-16-21)7-8-26(27)28(36)31-14-24(35)15-32-30(38)41-25-9-18-5-3-4-6-19(18)10-25/h3-8,11,21-25,34-35H,2,9-10,12-17H2,1H3,(H,31,36)(H,32,38)/t21?,22?,23?,24-/m1/s1. The number of aliphatic hydroxyl groups excluding tert-OH is 2. The van der Waals surface area contributed by atoms with Gasteiger partial charge in [-0.2, -0.15) is 0 Å². The van der Waals surface area contributed by atoms with Crippen LogP contribution in [0.1, 0.15) is 51.6 Å². The highest BCUT2D eigenvalue weighted by Gasteiger charge is 2.41. The predicted molar refractivity (Wildman–Crippen MR) is 148 cm³/mol. The third-order valence-corrected chi connectivity index (χ3v) is 7.77. The molecule has 2 aromatic carbocycles. The number of nitrogens with one attached hydrogen (secondary N) is 2. The first-order valence-corrected chi connectivity index (χ1v) is 14.1. The zero-order valence-electron chi connectivity index (χ0n) is 23.1. The Kier molecular flexibility index (Phi) is 9.06. The number of carbonyl (C=O) groups excluding carboxylic acids is 3. The van der Waals surface area contributed by atoms with Gasteiger partial charge in [-0.05, 0) is 49.1 Å². The summed E-state index contributed by atoms with van der Waals surface area (Å²) in [6.07, 6.45) is -0.118. The van der Waals surface area contributed by atoms with Crippen molar-refractivity contribution in [2.75, 3.05) is 32.9 Å². The van der Waals surface area contributed by atoms with Gasteiger partial charge in [-0.1, -0.05) is 24.3 Å². The third-order valence-electron chi connectivity index (χ3n) is 7.77. The molecule has 0 aromatic heterocycles. The summed E-state index contributed by atoms with van der Waals surface area (Å²) in [6, 6.07) is 12.2. The van der Waals surface area contributed by atoms with Crippen LogP contribution < -0.4 is 15.4 Å². The quantitative estimate of drug-likeness (QED) is 0.356. The largest absolute Gasteiger partial charge is 0.493 e. The fourth-order valence-electron chi connectivity index (χ4n) is 5.86. The van der Waals surface area contributed by atoms with Crippen LogP contribution in [0.4, 0.5) is 4.79 Å². The third kappa shape index (κ3) is 6.80. The van der Waals surface area contributed by atoms with Crippen LogP contribution in [0.2, 0.25) is 0 Å². The lowest BCUT2D eigenvalue weighted by atomic mass is 9.91. The molecule has 2 heterocycles. The molecule has 41 heavy (non-hydrogen) atoms. The molecule has 2 unspecified atom stereocenters. The van der Waals surface area contributed by atoms with Crippen molar-refractivity contribution < 1.29 is 38.8 Å². The van der Waals surface area contributed by atoms with Crippen LogP contribution in [0.3, 0.4) is 0 Å². The Morgan fingerprint density at radius 3 is 2.34 bits per heavy atom. The number of carbonyl (C=O) groups is 3. The van der Waals surface area contributed by atoms with Gasteiger partial charge in [0.2, 0.25) is 0 Å². The Morgan fingerprint density at radius 1 is 1.02 bits per heavy atom. The summed E-state index contributed by atoms with van der Waals surface area (Å²) < 4.78 is 16.8. The first-order valence-electron chi connectivity index (χ1n) is 14.1. The van der Waals surface area contributed by atoms with Crippen molar-refractivity contribution in [2.45, 2.75) is 63.0 Å². The minimum Gasteiger partial charge on any atom is -0.493 e. The number of benzene rings is 2. The molecule has 1 aliphatic carbocycles. The minimum atomic E-state index is -1.04. The van der Waals surface area contributed by atoms with Crippen molar-refractivity contribution in [3.8, 4) is 5.75 Å². The molecule has 2 fully saturated rings. The Hall–Kier alpha value is -3.67. The van der Waals surface area contributed by atoms with Crippen LogP contribution in [-0.4, -0.2) is 96.3 Å². The van der Waals surface area contributed by atoms with E-state index in [1.54, 1.807) is 24.0 Å². The monoisotopic (exact) mass is 567 g/mol. The van der Waals surface area contributed by atoms with E-state index in [-0.39, 0.29) is 55.1 Å². The van der Waals surface area contributed by atoms with E-state index in [9.17, 15) is 24.6 Å². The summed E-state index contributed by atoms with van der Waals surface area (Å²) in [5.74, 6) is -0.426. The molecule has 2 bridgehead atoms. The van der Waals surface area contributed by atoms with Crippen molar-refractivity contribution in [1.82, 2.24) is 15.5 Å². The first-order chi connectivity index (χ1) is 19.8. The Labute approximate surface area is 238 Å². The van der Waals surface area contributed by atoms with Gasteiger partial charge in [0.25, 0.3) is 11.8 Å². The maximum Gasteiger partial charge on any atom is 0.407 e. The first kappa shape index (κ1) is 28.8. The van der Waals surface area contributed by atoms with Gasteiger partial charge in [0.05, 0.1) is 49.7 Å². The number of hydrogen-bond acceptors (Lipinski definition) is 8. The van der Waals surface area contributed by atoms with Crippen LogP contribution in [-0.2, 0) is 22.3 Å². The second-order valence-electron chi connectivity index (χ2n) is 10.8. The molecule has 5 rings (SSSR count). The average molecular weight is 568 g/mol. The van der Waals surface area contributed by atoms with Crippen molar-refractivity contribution in [3.63, 3.8) is 0 Å². The molecule has 3 aliphatic rings. The molecule has 11 nitrogen and oxygen atoms in total. The van der Waals surface area contributed by atoms with E-state index >= 15 is 0 Å². The summed E-state index contributed by atoms with van der Waals surface area (Å²) in [7, 11) is 0. The zero-order chi connectivity index (χ0) is 28.9. The molecule has 0 spiro atoms. The highest BCUT2D eigenvalue weighted by molar-refractivity contribution is 6.00. The van der Waals surface area contributed by atoms with Crippen LogP contribution in [0.5, 0.6) is 5.75 Å². The van der Waals surface area contributed by atoms with E-state index in [1.807, 2.05) is 24.3 Å². The van der Waals surface area contributed by atoms with Gasteiger partial charge in [-0.25, -0.2) is 4.79 Å². The second kappa shape index (κ2) is 12.9. The summed E-state index contributed by atoms with van der Waals surface area (Å²) >= 11 is 0. The molecule has 0 radical (unpaired) electrons. The summed E-state index contributed by atoms with van der Waals surface area (Å²) in [5, 5.41) is 25.7. The number of fused-ring (bicyclic) bond motifs is 3. The Balaban J connectivity index is 1.12. The lowest BCUT2D eigenvalue weighted by Crippen LogP contribution is -2.60. The number of hydrogen-bond donors (Lipinski definition) is 4. The number of nitrogens with zero attached hydrogens (tertiary/aromatic N) is 1. The smallest absolute Gasteiger partial charge is 0.407 e. The molecule has 2 aromatic rings. The van der Waals surface area contributed by atoms with Crippen molar-refractivity contribution in [1.29, 1.82) is 0 Å². The molecular weight excluding hydrogens is 530 g/mol. The number of aliphatic hydroxyl groups is 2. The number of alkyl carbamates (subject to hydrolysis) is 1. The second-order valence-corrected chi connectivity index (χ2v) is 10.8. The van der Waals surface area contributed by atoms with Crippen molar-refractivity contribution in [3.05, 3.63) is 64.7 Å². The highest BCUT2D eigenvalue weighted by atomic mass is 16.6. The normalized spacial score (nSPS) is 22.4. The van der Waals surface area contributed by atoms with Crippen LogP contribution in [0.25, 0.3) is 0 Å². The molecule has 2 saturated heterocycles. The van der Waals surface area contributed by atoms with Crippen LogP contribution in [0.15, 0.2) is 42.5 Å². The van der Waals surface area contributed by atoms with E-state index in [1.165, 1.54) is 17.2 Å². The van der Waals surface area contributed by atoms with E-state index in [0.29, 0.717) is 44.5 Å². The van der Waals surface area contributed by atoms with Gasteiger partial charge in [-0.3, -0.25) is 9.59 Å². The number of amides is 3. The van der Waals surface area contributed by atoms with E-state index < -0.39 is 24.2 Å². The molecule has 11 heteroatoms. The maximum absolute atomic E-state index is 13.4. The van der Waals surface area contributed by atoms with E-state index in [2.05, 4.69) is 10.6 Å². The lowest BCUT2D eigenvalue weighted by Gasteiger charge is -2.47. The van der Waals surface area contributed by atoms with Crippen LogP contribution in [0, 0.1) is 0 Å². The van der Waals surface area contributed by atoms with Gasteiger partial charge in [-0.15, -0.1) is 0 Å². The molecule has 3 atom stereocenters. The molecular formula is C30H37N3O8. The number of piperidine rings is 1. The average Bonchev–Trinajstić information content (AvgIpc) is 3.36. The number of morpholine rings is 1.